The van der Waals surface area contributed by atoms with Crippen LogP contribution in [0, 0.1) is 5.92 Å². The van der Waals surface area contributed by atoms with Crippen LogP contribution in [0.4, 0.5) is 0 Å². The molecule has 66 valence electrons. The SMILES string of the molecule is CC(C)Cc1ccc(S)cc1O. The number of hydrogen-bond acceptors (Lipinski definition) is 2. The van der Waals surface area contributed by atoms with Crippen LogP contribution in [-0.2, 0) is 6.42 Å². The van der Waals surface area contributed by atoms with Crippen molar-refractivity contribution in [3.63, 3.8) is 0 Å². The average Bonchev–Trinajstić information content (AvgIpc) is 1.94. The van der Waals surface area contributed by atoms with Gasteiger partial charge in [-0.15, -0.1) is 12.6 Å². The maximum absolute atomic E-state index is 9.49. The monoisotopic (exact) mass is 182 g/mol. The summed E-state index contributed by atoms with van der Waals surface area (Å²) in [6, 6.07) is 5.51. The van der Waals surface area contributed by atoms with Gasteiger partial charge in [-0.05, 0) is 30.0 Å². The Balaban J connectivity index is 2.86. The molecule has 0 spiro atoms. The summed E-state index contributed by atoms with van der Waals surface area (Å²) in [6.45, 7) is 4.27. The molecular weight excluding hydrogens is 168 g/mol. The van der Waals surface area contributed by atoms with E-state index in [2.05, 4.69) is 26.5 Å². The lowest BCUT2D eigenvalue weighted by atomic mass is 10.0. The van der Waals surface area contributed by atoms with Crippen LogP contribution in [-0.4, -0.2) is 5.11 Å². The van der Waals surface area contributed by atoms with Gasteiger partial charge < -0.3 is 5.11 Å². The lowest BCUT2D eigenvalue weighted by Crippen LogP contribution is -1.93. The van der Waals surface area contributed by atoms with Crippen LogP contribution in [0.1, 0.15) is 19.4 Å². The molecule has 0 aromatic heterocycles. The first-order valence-electron chi connectivity index (χ1n) is 4.10. The Morgan fingerprint density at radius 1 is 1.42 bits per heavy atom. The second kappa shape index (κ2) is 3.85. The molecule has 1 aromatic rings. The number of hydrogen-bond donors (Lipinski definition) is 2. The fourth-order valence-corrected chi connectivity index (χ4v) is 1.36. The third-order valence-corrected chi connectivity index (χ3v) is 1.98. The maximum Gasteiger partial charge on any atom is 0.119 e. The van der Waals surface area contributed by atoms with E-state index in [1.165, 1.54) is 0 Å². The van der Waals surface area contributed by atoms with Crippen molar-refractivity contribution in [2.24, 2.45) is 5.92 Å². The molecule has 12 heavy (non-hydrogen) atoms. The first-order chi connectivity index (χ1) is 5.59. The molecule has 0 bridgehead atoms. The second-order valence-electron chi connectivity index (χ2n) is 3.41. The van der Waals surface area contributed by atoms with E-state index in [1.807, 2.05) is 12.1 Å². The molecule has 0 aliphatic rings. The van der Waals surface area contributed by atoms with Gasteiger partial charge >= 0.3 is 0 Å². The molecule has 2 heteroatoms. The van der Waals surface area contributed by atoms with Crippen LogP contribution in [0.2, 0.25) is 0 Å². The second-order valence-corrected chi connectivity index (χ2v) is 3.93. The Morgan fingerprint density at radius 2 is 2.08 bits per heavy atom. The van der Waals surface area contributed by atoms with Crippen molar-refractivity contribution in [3.8, 4) is 5.75 Å². The Labute approximate surface area is 78.8 Å². The van der Waals surface area contributed by atoms with E-state index >= 15 is 0 Å². The minimum absolute atomic E-state index is 0.358. The molecule has 1 nitrogen and oxygen atoms in total. The van der Waals surface area contributed by atoms with E-state index in [1.54, 1.807) is 6.07 Å². The summed E-state index contributed by atoms with van der Waals surface area (Å²) in [5.41, 5.74) is 1.00. The van der Waals surface area contributed by atoms with Crippen LogP contribution in [0.3, 0.4) is 0 Å². The molecule has 0 atom stereocenters. The Morgan fingerprint density at radius 3 is 2.58 bits per heavy atom. The number of aromatic hydroxyl groups is 1. The zero-order valence-electron chi connectivity index (χ0n) is 7.41. The van der Waals surface area contributed by atoms with Crippen molar-refractivity contribution >= 4 is 12.6 Å². The van der Waals surface area contributed by atoms with Crippen LogP contribution in [0.25, 0.3) is 0 Å². The number of rotatable bonds is 2. The topological polar surface area (TPSA) is 20.2 Å². The molecule has 0 heterocycles. The fourth-order valence-electron chi connectivity index (χ4n) is 1.16. The zero-order valence-corrected chi connectivity index (χ0v) is 8.31. The molecule has 0 saturated carbocycles. The van der Waals surface area contributed by atoms with Crippen molar-refractivity contribution < 1.29 is 5.11 Å². The maximum atomic E-state index is 9.49. The van der Waals surface area contributed by atoms with E-state index < -0.39 is 0 Å². The van der Waals surface area contributed by atoms with E-state index in [0.717, 1.165) is 16.9 Å². The van der Waals surface area contributed by atoms with E-state index in [9.17, 15) is 5.11 Å². The number of phenolic OH excluding ortho intramolecular Hbond substituents is 1. The highest BCUT2D eigenvalue weighted by atomic mass is 32.1. The summed E-state index contributed by atoms with van der Waals surface area (Å²) >= 11 is 4.13. The van der Waals surface area contributed by atoms with Crippen LogP contribution < -0.4 is 0 Å². The summed E-state index contributed by atoms with van der Waals surface area (Å²) in [6.07, 6.45) is 0.917. The van der Waals surface area contributed by atoms with Crippen molar-refractivity contribution in [3.05, 3.63) is 23.8 Å². The summed E-state index contributed by atoms with van der Waals surface area (Å²) in [7, 11) is 0. The first kappa shape index (κ1) is 9.46. The standard InChI is InChI=1S/C10H14OS/c1-7(2)5-8-3-4-9(12)6-10(8)11/h3-4,6-7,11-12H,5H2,1-2H3. The van der Waals surface area contributed by atoms with Crippen LogP contribution in [0.15, 0.2) is 23.1 Å². The van der Waals surface area contributed by atoms with Crippen molar-refractivity contribution in [2.45, 2.75) is 25.2 Å². The van der Waals surface area contributed by atoms with Gasteiger partial charge in [-0.1, -0.05) is 19.9 Å². The average molecular weight is 182 g/mol. The van der Waals surface area contributed by atoms with Crippen LogP contribution in [0.5, 0.6) is 5.75 Å². The Hall–Kier alpha value is -0.630. The van der Waals surface area contributed by atoms with E-state index in [0.29, 0.717) is 11.7 Å². The zero-order chi connectivity index (χ0) is 9.14. The minimum Gasteiger partial charge on any atom is -0.508 e. The lowest BCUT2D eigenvalue weighted by Gasteiger charge is -2.07. The van der Waals surface area contributed by atoms with Gasteiger partial charge in [-0.25, -0.2) is 0 Å². The first-order valence-corrected chi connectivity index (χ1v) is 4.55. The minimum atomic E-state index is 0.358. The highest BCUT2D eigenvalue weighted by Gasteiger charge is 2.03. The molecule has 1 rings (SSSR count). The van der Waals surface area contributed by atoms with Gasteiger partial charge in [-0.3, -0.25) is 0 Å². The third kappa shape index (κ3) is 2.45. The number of benzene rings is 1. The van der Waals surface area contributed by atoms with Crippen molar-refractivity contribution in [1.29, 1.82) is 0 Å². The predicted octanol–water partition coefficient (Wildman–Crippen LogP) is 2.88. The summed E-state index contributed by atoms with van der Waals surface area (Å²) in [4.78, 5) is 0.806. The largest absolute Gasteiger partial charge is 0.508 e. The van der Waals surface area contributed by atoms with Crippen molar-refractivity contribution in [1.82, 2.24) is 0 Å². The molecule has 0 fully saturated rings. The fraction of sp³-hybridized carbons (Fsp3) is 0.400. The van der Waals surface area contributed by atoms with Gasteiger partial charge in [0.2, 0.25) is 0 Å². The highest BCUT2D eigenvalue weighted by molar-refractivity contribution is 7.80. The molecular formula is C10H14OS. The molecule has 1 N–H and O–H groups in total. The summed E-state index contributed by atoms with van der Waals surface area (Å²) in [5, 5.41) is 9.49. The molecule has 0 saturated heterocycles. The third-order valence-electron chi connectivity index (χ3n) is 1.70. The lowest BCUT2D eigenvalue weighted by molar-refractivity contribution is 0.461. The Bertz CT molecular complexity index is 269. The number of thiol groups is 1. The molecule has 0 radical (unpaired) electrons. The quantitative estimate of drug-likeness (QED) is 0.674. The van der Waals surface area contributed by atoms with Gasteiger partial charge in [0.05, 0.1) is 0 Å². The molecule has 0 amide bonds. The van der Waals surface area contributed by atoms with Gasteiger partial charge in [0.25, 0.3) is 0 Å². The van der Waals surface area contributed by atoms with Gasteiger partial charge in [0.1, 0.15) is 5.75 Å². The Kier molecular flexibility index (Phi) is 3.04. The number of phenols is 1. The summed E-state index contributed by atoms with van der Waals surface area (Å²) in [5.74, 6) is 0.929. The normalized spacial score (nSPS) is 10.7. The van der Waals surface area contributed by atoms with E-state index in [4.69, 9.17) is 0 Å². The van der Waals surface area contributed by atoms with Crippen LogP contribution >= 0.6 is 12.6 Å². The smallest absolute Gasteiger partial charge is 0.119 e. The highest BCUT2D eigenvalue weighted by Crippen LogP contribution is 2.23. The van der Waals surface area contributed by atoms with Gasteiger partial charge in [0, 0.05) is 4.90 Å². The molecule has 1 aromatic carbocycles. The molecule has 0 aliphatic heterocycles. The summed E-state index contributed by atoms with van der Waals surface area (Å²) < 4.78 is 0. The predicted molar refractivity (Wildman–Crippen MR) is 53.9 cm³/mol. The van der Waals surface area contributed by atoms with Gasteiger partial charge in [0.15, 0.2) is 0 Å². The van der Waals surface area contributed by atoms with Crippen molar-refractivity contribution in [2.75, 3.05) is 0 Å². The molecule has 0 aliphatic carbocycles. The molecule has 0 unspecified atom stereocenters. The van der Waals surface area contributed by atoms with Gasteiger partial charge in [-0.2, -0.15) is 0 Å². The van der Waals surface area contributed by atoms with E-state index in [-0.39, 0.29) is 0 Å².